The van der Waals surface area contributed by atoms with Gasteiger partial charge in [-0.05, 0) is 42.3 Å². The summed E-state index contributed by atoms with van der Waals surface area (Å²) in [5.41, 5.74) is 10.1. The van der Waals surface area contributed by atoms with E-state index in [1.165, 1.54) is 11.1 Å². The van der Waals surface area contributed by atoms with Crippen LogP contribution in [0.2, 0.25) is 0 Å². The smallest absolute Gasteiger partial charge is 0.225 e. The molecule has 3 N–H and O–H groups in total. The molecule has 0 radical (unpaired) electrons. The molecule has 0 atom stereocenters. The topological polar surface area (TPSA) is 75.9 Å². The van der Waals surface area contributed by atoms with Crippen molar-refractivity contribution in [1.29, 1.82) is 0 Å². The second-order valence-electron chi connectivity index (χ2n) is 5.49. The van der Waals surface area contributed by atoms with Crippen LogP contribution in [0.25, 0.3) is 16.6 Å². The molecule has 1 aromatic heterocycles. The largest absolute Gasteiger partial charge is 0.493 e. The molecule has 1 aliphatic rings. The monoisotopic (exact) mass is 322 g/mol. The molecule has 1 aliphatic heterocycles. The molecule has 0 aliphatic carbocycles. The summed E-state index contributed by atoms with van der Waals surface area (Å²) in [6, 6.07) is 14.1. The number of nitrogens with zero attached hydrogens (tertiary/aromatic N) is 3. The van der Waals surface area contributed by atoms with E-state index in [-0.39, 0.29) is 11.0 Å². The number of nitrogens with two attached hydrogens (primary N) is 1. The predicted octanol–water partition coefficient (Wildman–Crippen LogP) is 3.76. The number of para-hydroxylation sites is 2. The zero-order valence-electron chi connectivity index (χ0n) is 12.2. The number of thiocarbonyl (C=S) groups is 1. The minimum atomic E-state index is -0.0612. The molecule has 23 heavy (non-hydrogen) atoms. The zero-order valence-corrected chi connectivity index (χ0v) is 13.0. The van der Waals surface area contributed by atoms with Crippen molar-refractivity contribution in [3.05, 3.63) is 53.6 Å². The molecule has 0 unspecified atom stereocenters. The maximum atomic E-state index is 10.8. The Kier molecular flexibility index (Phi) is 3.12. The standard InChI is InChI=1S/C17H14N4OS/c18-17(23)20-19-14-12-6-3-5-11-9-8-10-4-1-2-7-13(10)21(15(11)12)16(14)22/h1-7,22H,8-9H2,(H2,18,23). The van der Waals surface area contributed by atoms with Crippen LogP contribution in [-0.4, -0.2) is 14.8 Å². The molecule has 4 rings (SSSR count). The number of fused-ring (bicyclic) bond motifs is 2. The summed E-state index contributed by atoms with van der Waals surface area (Å²) in [5, 5.41) is 19.4. The molecule has 0 fully saturated rings. The second kappa shape index (κ2) is 5.17. The lowest BCUT2D eigenvalue weighted by Crippen LogP contribution is -2.01. The van der Waals surface area contributed by atoms with Crippen LogP contribution >= 0.6 is 12.2 Å². The zero-order chi connectivity index (χ0) is 16.0. The summed E-state index contributed by atoms with van der Waals surface area (Å²) in [6.07, 6.45) is 1.84. The maximum Gasteiger partial charge on any atom is 0.225 e. The first kappa shape index (κ1) is 13.9. The second-order valence-corrected chi connectivity index (χ2v) is 5.91. The molecule has 0 amide bonds. The van der Waals surface area contributed by atoms with E-state index < -0.39 is 0 Å². The van der Waals surface area contributed by atoms with Gasteiger partial charge in [0.25, 0.3) is 0 Å². The van der Waals surface area contributed by atoms with Gasteiger partial charge >= 0.3 is 0 Å². The van der Waals surface area contributed by atoms with Gasteiger partial charge in [-0.25, -0.2) is 0 Å². The lowest BCUT2D eigenvalue weighted by atomic mass is 10.0. The van der Waals surface area contributed by atoms with Gasteiger partial charge in [-0.2, -0.15) is 0 Å². The highest BCUT2D eigenvalue weighted by Gasteiger charge is 2.23. The van der Waals surface area contributed by atoms with E-state index in [0.717, 1.165) is 29.4 Å². The Bertz CT molecular complexity index is 974. The Balaban J connectivity index is 2.11. The number of aromatic nitrogens is 1. The molecule has 2 aromatic carbocycles. The average molecular weight is 322 g/mol. The molecular formula is C17H14N4OS. The highest BCUT2D eigenvalue weighted by atomic mass is 32.1. The van der Waals surface area contributed by atoms with Crippen molar-refractivity contribution in [2.24, 2.45) is 16.0 Å². The van der Waals surface area contributed by atoms with Crippen LogP contribution in [-0.2, 0) is 12.8 Å². The van der Waals surface area contributed by atoms with Gasteiger partial charge in [-0.1, -0.05) is 36.4 Å². The van der Waals surface area contributed by atoms with Crippen LogP contribution in [0.15, 0.2) is 52.7 Å². The Morgan fingerprint density at radius 3 is 2.65 bits per heavy atom. The first-order valence-corrected chi connectivity index (χ1v) is 7.72. The third-order valence-corrected chi connectivity index (χ3v) is 4.25. The number of hydrogen-bond donors (Lipinski definition) is 2. The molecule has 0 bridgehead atoms. The van der Waals surface area contributed by atoms with Crippen LogP contribution in [0.4, 0.5) is 5.69 Å². The third kappa shape index (κ3) is 2.10. The fraction of sp³-hybridized carbons (Fsp3) is 0.118. The summed E-state index contributed by atoms with van der Waals surface area (Å²) in [7, 11) is 0. The van der Waals surface area contributed by atoms with Crippen molar-refractivity contribution in [1.82, 2.24) is 4.57 Å². The van der Waals surface area contributed by atoms with Crippen molar-refractivity contribution in [3.63, 3.8) is 0 Å². The Morgan fingerprint density at radius 2 is 1.83 bits per heavy atom. The van der Waals surface area contributed by atoms with Gasteiger partial charge in [0.1, 0.15) is 0 Å². The van der Waals surface area contributed by atoms with Gasteiger partial charge in [0.05, 0.1) is 11.2 Å². The van der Waals surface area contributed by atoms with Gasteiger partial charge in [0.15, 0.2) is 5.69 Å². The number of hydrogen-bond acceptors (Lipinski definition) is 3. The van der Waals surface area contributed by atoms with Gasteiger partial charge in [0, 0.05) is 5.39 Å². The number of aryl methyl sites for hydroxylation is 2. The van der Waals surface area contributed by atoms with E-state index in [2.05, 4.69) is 22.4 Å². The summed E-state index contributed by atoms with van der Waals surface area (Å²) in [5.74, 6) is 0.0572. The first-order chi connectivity index (χ1) is 11.2. The predicted molar refractivity (Wildman–Crippen MR) is 93.6 cm³/mol. The minimum Gasteiger partial charge on any atom is -0.493 e. The highest BCUT2D eigenvalue weighted by Crippen LogP contribution is 2.44. The third-order valence-electron chi connectivity index (χ3n) is 4.17. The van der Waals surface area contributed by atoms with E-state index >= 15 is 0 Å². The Labute approximate surface area is 138 Å². The van der Waals surface area contributed by atoms with Crippen molar-refractivity contribution >= 4 is 33.9 Å². The van der Waals surface area contributed by atoms with Gasteiger partial charge < -0.3 is 10.8 Å². The van der Waals surface area contributed by atoms with Crippen molar-refractivity contribution in [2.45, 2.75) is 12.8 Å². The van der Waals surface area contributed by atoms with E-state index in [1.54, 1.807) is 0 Å². The summed E-state index contributed by atoms with van der Waals surface area (Å²) in [6.45, 7) is 0. The number of azo groups is 1. The quantitative estimate of drug-likeness (QED) is 0.529. The van der Waals surface area contributed by atoms with Crippen LogP contribution in [0.3, 0.4) is 0 Å². The summed E-state index contributed by atoms with van der Waals surface area (Å²) >= 11 is 4.75. The van der Waals surface area contributed by atoms with Crippen molar-refractivity contribution in [2.75, 3.05) is 0 Å². The fourth-order valence-corrected chi connectivity index (χ4v) is 3.26. The van der Waals surface area contributed by atoms with E-state index in [9.17, 15) is 5.11 Å². The van der Waals surface area contributed by atoms with Crippen LogP contribution < -0.4 is 5.73 Å². The minimum absolute atomic E-state index is 0.0572. The lowest BCUT2D eigenvalue weighted by Gasteiger charge is -2.09. The normalized spacial score (nSPS) is 13.2. The van der Waals surface area contributed by atoms with Gasteiger partial charge in [-0.3, -0.25) is 4.57 Å². The van der Waals surface area contributed by atoms with Crippen LogP contribution in [0.5, 0.6) is 5.88 Å². The van der Waals surface area contributed by atoms with E-state index in [4.69, 9.17) is 18.0 Å². The molecule has 5 nitrogen and oxygen atoms in total. The molecule has 6 heteroatoms. The maximum absolute atomic E-state index is 10.8. The molecule has 114 valence electrons. The number of aromatic hydroxyl groups is 1. The van der Waals surface area contributed by atoms with Crippen LogP contribution in [0, 0.1) is 0 Å². The SMILES string of the molecule is NC(=S)N=Nc1c(O)n2c3c(cccc13)CCc1ccccc1-2. The van der Waals surface area contributed by atoms with Crippen molar-refractivity contribution in [3.8, 4) is 11.6 Å². The number of benzene rings is 2. The fourth-order valence-electron chi connectivity index (χ4n) is 3.22. The molecule has 3 aromatic rings. The number of rotatable bonds is 1. The molecule has 0 saturated carbocycles. The lowest BCUT2D eigenvalue weighted by molar-refractivity contribution is 0.446. The van der Waals surface area contributed by atoms with E-state index in [0.29, 0.717) is 5.69 Å². The van der Waals surface area contributed by atoms with Gasteiger partial charge in [0.2, 0.25) is 11.0 Å². The van der Waals surface area contributed by atoms with E-state index in [1.807, 2.05) is 34.9 Å². The Morgan fingerprint density at radius 1 is 1.09 bits per heavy atom. The van der Waals surface area contributed by atoms with Crippen molar-refractivity contribution < 1.29 is 5.11 Å². The van der Waals surface area contributed by atoms with Gasteiger partial charge in [-0.15, -0.1) is 10.2 Å². The first-order valence-electron chi connectivity index (χ1n) is 7.31. The highest BCUT2D eigenvalue weighted by molar-refractivity contribution is 7.80. The summed E-state index contributed by atoms with van der Waals surface area (Å²) < 4.78 is 1.85. The molecular weight excluding hydrogens is 308 g/mol. The molecule has 0 spiro atoms. The Hall–Kier alpha value is -2.73. The molecule has 2 heterocycles. The summed E-state index contributed by atoms with van der Waals surface area (Å²) in [4.78, 5) is 0. The average Bonchev–Trinajstić information content (AvgIpc) is 2.72. The van der Waals surface area contributed by atoms with Crippen LogP contribution in [0.1, 0.15) is 11.1 Å². The molecule has 0 saturated heterocycles.